The number of ketones is 1. The van der Waals surface area contributed by atoms with Gasteiger partial charge in [0.15, 0.2) is 0 Å². The Kier molecular flexibility index (Phi) is 4.74. The van der Waals surface area contributed by atoms with Gasteiger partial charge in [0.1, 0.15) is 11.6 Å². The van der Waals surface area contributed by atoms with Crippen LogP contribution in [0.3, 0.4) is 0 Å². The van der Waals surface area contributed by atoms with Gasteiger partial charge in [0.05, 0.1) is 11.9 Å². The highest BCUT2D eigenvalue weighted by atomic mass is 35.5. The SMILES string of the molecule is N#CC(=Cc1cnn(-c2ccc(Cl)cc2)c1)C(=O)c1c[nH]c2cc(Cl)ccc12. The molecule has 0 radical (unpaired) electrons. The summed E-state index contributed by atoms with van der Waals surface area (Å²) in [6, 6.07) is 14.4. The number of fused-ring (bicyclic) bond motifs is 1. The van der Waals surface area contributed by atoms with Crippen LogP contribution in [0.1, 0.15) is 15.9 Å². The number of rotatable bonds is 4. The average Bonchev–Trinajstić information content (AvgIpc) is 3.33. The van der Waals surface area contributed by atoms with Crippen molar-refractivity contribution in [2.24, 2.45) is 0 Å². The lowest BCUT2D eigenvalue weighted by Gasteiger charge is -2.00. The molecule has 7 heteroatoms. The van der Waals surface area contributed by atoms with Gasteiger partial charge in [0, 0.05) is 44.5 Å². The van der Waals surface area contributed by atoms with Crippen LogP contribution in [0, 0.1) is 11.3 Å². The van der Waals surface area contributed by atoms with E-state index in [2.05, 4.69) is 10.1 Å². The molecule has 136 valence electrons. The van der Waals surface area contributed by atoms with Crippen molar-refractivity contribution >= 4 is 46.0 Å². The molecule has 1 N–H and O–H groups in total. The molecule has 2 aromatic carbocycles. The molecule has 5 nitrogen and oxygen atoms in total. The normalized spacial score (nSPS) is 11.5. The molecular weight excluding hydrogens is 395 g/mol. The lowest BCUT2D eigenvalue weighted by molar-refractivity contribution is 0.104. The van der Waals surface area contributed by atoms with Gasteiger partial charge in [-0.05, 0) is 42.5 Å². The minimum absolute atomic E-state index is 0.0199. The highest BCUT2D eigenvalue weighted by Crippen LogP contribution is 2.24. The molecule has 2 heterocycles. The van der Waals surface area contributed by atoms with E-state index in [9.17, 15) is 10.1 Å². The molecule has 4 aromatic rings. The first-order chi connectivity index (χ1) is 13.5. The number of Topliss-reactive ketones (excluding diaryl/α,β-unsaturated/α-hetero) is 1. The van der Waals surface area contributed by atoms with Crippen LogP contribution in [0.2, 0.25) is 10.0 Å². The van der Waals surface area contributed by atoms with E-state index in [1.807, 2.05) is 18.2 Å². The maximum absolute atomic E-state index is 12.9. The molecule has 0 spiro atoms. The molecule has 0 aliphatic heterocycles. The van der Waals surface area contributed by atoms with Gasteiger partial charge < -0.3 is 4.98 Å². The Hall–Kier alpha value is -3.33. The number of nitrogens with zero attached hydrogens (tertiary/aromatic N) is 3. The summed E-state index contributed by atoms with van der Waals surface area (Å²) >= 11 is 11.9. The zero-order valence-corrected chi connectivity index (χ0v) is 15.9. The van der Waals surface area contributed by atoms with Crippen molar-refractivity contribution in [3.05, 3.63) is 87.8 Å². The Morgan fingerprint density at radius 3 is 2.64 bits per heavy atom. The molecular formula is C21H12Cl2N4O. The topological polar surface area (TPSA) is 74.5 Å². The van der Waals surface area contributed by atoms with Gasteiger partial charge in [-0.3, -0.25) is 4.79 Å². The fraction of sp³-hybridized carbons (Fsp3) is 0. The van der Waals surface area contributed by atoms with Gasteiger partial charge in [0.25, 0.3) is 0 Å². The van der Waals surface area contributed by atoms with Crippen molar-refractivity contribution in [2.75, 3.05) is 0 Å². The summed E-state index contributed by atoms with van der Waals surface area (Å²) in [5.41, 5.74) is 2.64. The zero-order valence-electron chi connectivity index (χ0n) is 14.4. The van der Waals surface area contributed by atoms with E-state index in [1.165, 1.54) is 6.08 Å². The number of benzene rings is 2. The van der Waals surface area contributed by atoms with Crippen LogP contribution in [0.25, 0.3) is 22.7 Å². The highest BCUT2D eigenvalue weighted by molar-refractivity contribution is 6.31. The van der Waals surface area contributed by atoms with Crippen molar-refractivity contribution in [1.29, 1.82) is 5.26 Å². The first-order valence-electron chi connectivity index (χ1n) is 8.29. The maximum atomic E-state index is 12.9. The summed E-state index contributed by atoms with van der Waals surface area (Å²) in [6.45, 7) is 0. The van der Waals surface area contributed by atoms with E-state index in [4.69, 9.17) is 23.2 Å². The minimum Gasteiger partial charge on any atom is -0.360 e. The Labute approximate surface area is 170 Å². The lowest BCUT2D eigenvalue weighted by Crippen LogP contribution is -2.00. The minimum atomic E-state index is -0.365. The van der Waals surface area contributed by atoms with E-state index in [0.717, 1.165) is 11.2 Å². The predicted molar refractivity (Wildman–Crippen MR) is 110 cm³/mol. The molecule has 0 saturated heterocycles. The number of aromatic amines is 1. The van der Waals surface area contributed by atoms with Gasteiger partial charge in [-0.1, -0.05) is 29.3 Å². The van der Waals surface area contributed by atoms with Crippen LogP contribution >= 0.6 is 23.2 Å². The van der Waals surface area contributed by atoms with Crippen molar-refractivity contribution in [3.63, 3.8) is 0 Å². The van der Waals surface area contributed by atoms with E-state index in [-0.39, 0.29) is 11.4 Å². The number of halogens is 2. The first kappa shape index (κ1) is 18.1. The first-order valence-corrected chi connectivity index (χ1v) is 9.04. The molecule has 28 heavy (non-hydrogen) atoms. The summed E-state index contributed by atoms with van der Waals surface area (Å²) in [7, 11) is 0. The third-order valence-corrected chi connectivity index (χ3v) is 4.75. The number of carbonyl (C=O) groups excluding carboxylic acids is 1. The van der Waals surface area contributed by atoms with E-state index in [1.54, 1.807) is 53.6 Å². The molecule has 0 fully saturated rings. The zero-order chi connectivity index (χ0) is 19.7. The van der Waals surface area contributed by atoms with Crippen molar-refractivity contribution in [3.8, 4) is 11.8 Å². The summed E-state index contributed by atoms with van der Waals surface area (Å²) in [5, 5.41) is 15.7. The molecule has 0 amide bonds. The van der Waals surface area contributed by atoms with Gasteiger partial charge in [0.2, 0.25) is 5.78 Å². The summed E-state index contributed by atoms with van der Waals surface area (Å²) < 4.78 is 1.65. The smallest absolute Gasteiger partial charge is 0.205 e. The Morgan fingerprint density at radius 2 is 1.89 bits per heavy atom. The van der Waals surface area contributed by atoms with E-state index < -0.39 is 0 Å². The lowest BCUT2D eigenvalue weighted by atomic mass is 10.0. The second-order valence-corrected chi connectivity index (χ2v) is 6.96. The molecule has 0 atom stereocenters. The van der Waals surface area contributed by atoms with Crippen LogP contribution in [0.5, 0.6) is 0 Å². The summed E-state index contributed by atoms with van der Waals surface area (Å²) in [4.78, 5) is 15.9. The van der Waals surface area contributed by atoms with Crippen molar-refractivity contribution in [1.82, 2.24) is 14.8 Å². The number of hydrogen-bond donors (Lipinski definition) is 1. The predicted octanol–water partition coefficient (Wildman–Crippen LogP) is 5.45. The van der Waals surface area contributed by atoms with Crippen LogP contribution in [0.15, 0.2) is 66.6 Å². The van der Waals surface area contributed by atoms with Gasteiger partial charge >= 0.3 is 0 Å². The third kappa shape index (κ3) is 3.44. The van der Waals surface area contributed by atoms with Crippen LogP contribution in [-0.2, 0) is 0 Å². The van der Waals surface area contributed by atoms with Gasteiger partial charge in [-0.25, -0.2) is 4.68 Å². The number of carbonyl (C=O) groups is 1. The largest absolute Gasteiger partial charge is 0.360 e. The van der Waals surface area contributed by atoms with Gasteiger partial charge in [-0.15, -0.1) is 0 Å². The molecule has 4 rings (SSSR count). The molecule has 2 aromatic heterocycles. The number of allylic oxidation sites excluding steroid dienone is 1. The second-order valence-electron chi connectivity index (χ2n) is 6.09. The quantitative estimate of drug-likeness (QED) is 0.278. The Bertz CT molecular complexity index is 1260. The molecule has 0 saturated carbocycles. The molecule has 0 bridgehead atoms. The summed E-state index contributed by atoms with van der Waals surface area (Å²) in [5.74, 6) is -0.365. The number of nitriles is 1. The molecule has 0 unspecified atom stereocenters. The fourth-order valence-corrected chi connectivity index (χ4v) is 3.19. The third-order valence-electron chi connectivity index (χ3n) is 4.26. The Balaban J connectivity index is 1.67. The van der Waals surface area contributed by atoms with Crippen molar-refractivity contribution in [2.45, 2.75) is 0 Å². The highest BCUT2D eigenvalue weighted by Gasteiger charge is 2.17. The molecule has 0 aliphatic carbocycles. The second kappa shape index (κ2) is 7.35. The fourth-order valence-electron chi connectivity index (χ4n) is 2.89. The number of hydrogen-bond acceptors (Lipinski definition) is 3. The number of H-pyrrole nitrogens is 1. The van der Waals surface area contributed by atoms with Crippen molar-refractivity contribution < 1.29 is 4.79 Å². The van der Waals surface area contributed by atoms with Crippen LogP contribution < -0.4 is 0 Å². The van der Waals surface area contributed by atoms with E-state index in [0.29, 0.717) is 26.6 Å². The van der Waals surface area contributed by atoms with E-state index >= 15 is 0 Å². The summed E-state index contributed by atoms with van der Waals surface area (Å²) in [6.07, 6.45) is 6.44. The number of nitrogens with one attached hydrogen (secondary N) is 1. The number of aromatic nitrogens is 3. The molecule has 0 aliphatic rings. The maximum Gasteiger partial charge on any atom is 0.205 e. The van der Waals surface area contributed by atoms with Crippen LogP contribution in [-0.4, -0.2) is 20.5 Å². The monoisotopic (exact) mass is 406 g/mol. The van der Waals surface area contributed by atoms with Crippen LogP contribution in [0.4, 0.5) is 0 Å². The average molecular weight is 407 g/mol. The standard InChI is InChI=1S/C21H12Cl2N4O/c22-15-1-4-17(5-2-15)27-12-13(10-26-27)7-14(9-24)21(28)19-11-25-20-8-16(23)3-6-18(19)20/h1-8,10-12,25H. The van der Waals surface area contributed by atoms with Gasteiger partial charge in [-0.2, -0.15) is 10.4 Å². The Morgan fingerprint density at radius 1 is 1.14 bits per heavy atom.